The Morgan fingerprint density at radius 1 is 1.38 bits per heavy atom. The summed E-state index contributed by atoms with van der Waals surface area (Å²) < 4.78 is 4.58. The predicted octanol–water partition coefficient (Wildman–Crippen LogP) is 1.12. The predicted molar refractivity (Wildman–Crippen MR) is 66.5 cm³/mol. The van der Waals surface area contributed by atoms with E-state index in [1.807, 2.05) is 0 Å². The second kappa shape index (κ2) is 7.63. The fraction of sp³-hybridized carbons (Fsp3) is 0.917. The Morgan fingerprint density at radius 3 is 2.50 bits per heavy atom. The number of esters is 1. The highest BCUT2D eigenvalue weighted by molar-refractivity contribution is 5.69. The van der Waals surface area contributed by atoms with Crippen LogP contribution in [-0.2, 0) is 9.53 Å². The Morgan fingerprint density at radius 2 is 2.00 bits per heavy atom. The SMILES string of the molecule is COC(=O)CCCNCC(C)(C)CN(C)C. The highest BCUT2D eigenvalue weighted by Gasteiger charge is 2.17. The summed E-state index contributed by atoms with van der Waals surface area (Å²) in [5.74, 6) is -0.130. The Bertz CT molecular complexity index is 203. The van der Waals surface area contributed by atoms with Gasteiger partial charge in [-0.25, -0.2) is 0 Å². The van der Waals surface area contributed by atoms with Gasteiger partial charge >= 0.3 is 5.97 Å². The molecule has 0 aromatic rings. The third-order valence-electron chi connectivity index (χ3n) is 2.31. The number of ether oxygens (including phenoxy) is 1. The molecule has 0 aliphatic rings. The fourth-order valence-corrected chi connectivity index (χ4v) is 1.80. The summed E-state index contributed by atoms with van der Waals surface area (Å²) in [7, 11) is 5.59. The Hall–Kier alpha value is -0.610. The molecule has 0 saturated heterocycles. The molecule has 0 aliphatic carbocycles. The van der Waals surface area contributed by atoms with Crippen LogP contribution in [0.3, 0.4) is 0 Å². The van der Waals surface area contributed by atoms with Crippen molar-refractivity contribution in [1.82, 2.24) is 10.2 Å². The minimum absolute atomic E-state index is 0.130. The molecule has 4 nitrogen and oxygen atoms in total. The number of nitrogens with zero attached hydrogens (tertiary/aromatic N) is 1. The summed E-state index contributed by atoms with van der Waals surface area (Å²) in [5.41, 5.74) is 0.259. The summed E-state index contributed by atoms with van der Waals surface area (Å²) in [6.07, 6.45) is 1.34. The van der Waals surface area contributed by atoms with E-state index in [1.54, 1.807) is 0 Å². The van der Waals surface area contributed by atoms with Crippen LogP contribution in [0.15, 0.2) is 0 Å². The zero-order valence-corrected chi connectivity index (χ0v) is 11.3. The second-order valence-electron chi connectivity index (χ2n) is 5.26. The second-order valence-corrected chi connectivity index (χ2v) is 5.26. The molecule has 1 N–H and O–H groups in total. The maximum atomic E-state index is 10.9. The molecule has 0 unspecified atom stereocenters. The maximum absolute atomic E-state index is 10.9. The quantitative estimate of drug-likeness (QED) is 0.501. The lowest BCUT2D eigenvalue weighted by Crippen LogP contribution is -2.38. The first-order valence-corrected chi connectivity index (χ1v) is 5.79. The molecular formula is C12H26N2O2. The van der Waals surface area contributed by atoms with Crippen molar-refractivity contribution in [3.63, 3.8) is 0 Å². The molecule has 0 aromatic carbocycles. The molecule has 0 atom stereocenters. The summed E-state index contributed by atoms with van der Waals surface area (Å²) in [5, 5.41) is 3.38. The molecular weight excluding hydrogens is 204 g/mol. The average molecular weight is 230 g/mol. The van der Waals surface area contributed by atoms with Crippen LogP contribution >= 0.6 is 0 Å². The molecule has 0 aromatic heterocycles. The molecule has 0 aliphatic heterocycles. The van der Waals surface area contributed by atoms with Crippen molar-refractivity contribution >= 4 is 5.97 Å². The van der Waals surface area contributed by atoms with E-state index < -0.39 is 0 Å². The van der Waals surface area contributed by atoms with Crippen molar-refractivity contribution < 1.29 is 9.53 Å². The lowest BCUT2D eigenvalue weighted by atomic mass is 9.93. The van der Waals surface area contributed by atoms with Crippen LogP contribution in [0.4, 0.5) is 0 Å². The van der Waals surface area contributed by atoms with Gasteiger partial charge in [0.15, 0.2) is 0 Å². The van der Waals surface area contributed by atoms with Gasteiger partial charge in [0, 0.05) is 19.5 Å². The summed E-state index contributed by atoms with van der Waals surface area (Å²) in [6.45, 7) is 7.36. The molecule has 96 valence electrons. The van der Waals surface area contributed by atoms with Gasteiger partial charge < -0.3 is 15.0 Å². The van der Waals surface area contributed by atoms with Crippen LogP contribution in [-0.4, -0.2) is 51.7 Å². The highest BCUT2D eigenvalue weighted by Crippen LogP contribution is 2.13. The van der Waals surface area contributed by atoms with Gasteiger partial charge in [-0.2, -0.15) is 0 Å². The number of carbonyl (C=O) groups excluding carboxylic acids is 1. The van der Waals surface area contributed by atoms with Crippen LogP contribution in [0, 0.1) is 5.41 Å². The first-order valence-electron chi connectivity index (χ1n) is 5.79. The van der Waals surface area contributed by atoms with Gasteiger partial charge in [0.25, 0.3) is 0 Å². The first-order chi connectivity index (χ1) is 7.37. The van der Waals surface area contributed by atoms with Crippen molar-refractivity contribution in [1.29, 1.82) is 0 Å². The Labute approximate surface area is 99.3 Å². The van der Waals surface area contributed by atoms with E-state index in [1.165, 1.54) is 7.11 Å². The molecule has 0 amide bonds. The zero-order valence-electron chi connectivity index (χ0n) is 11.3. The third kappa shape index (κ3) is 8.68. The minimum Gasteiger partial charge on any atom is -0.469 e. The van der Waals surface area contributed by atoms with Crippen LogP contribution in [0.5, 0.6) is 0 Å². The summed E-state index contributed by atoms with van der Waals surface area (Å²) in [6, 6.07) is 0. The molecule has 0 fully saturated rings. The molecule has 4 heteroatoms. The van der Waals surface area contributed by atoms with E-state index in [2.05, 4.69) is 42.9 Å². The van der Waals surface area contributed by atoms with Crippen molar-refractivity contribution in [2.45, 2.75) is 26.7 Å². The molecule has 0 saturated carbocycles. The van der Waals surface area contributed by atoms with Gasteiger partial charge in [-0.05, 0) is 32.5 Å². The van der Waals surface area contributed by atoms with Crippen molar-refractivity contribution in [2.75, 3.05) is 40.8 Å². The van der Waals surface area contributed by atoms with Gasteiger partial charge in [0.05, 0.1) is 7.11 Å². The number of rotatable bonds is 8. The summed E-state index contributed by atoms with van der Waals surface area (Å²) in [4.78, 5) is 13.1. The third-order valence-corrected chi connectivity index (χ3v) is 2.31. The number of methoxy groups -OCH3 is 1. The molecule has 0 rings (SSSR count). The largest absolute Gasteiger partial charge is 0.469 e. The molecule has 0 spiro atoms. The maximum Gasteiger partial charge on any atom is 0.305 e. The first kappa shape index (κ1) is 15.4. The van der Waals surface area contributed by atoms with Crippen molar-refractivity contribution in [3.8, 4) is 0 Å². The van der Waals surface area contributed by atoms with E-state index in [0.717, 1.165) is 26.1 Å². The van der Waals surface area contributed by atoms with Crippen LogP contribution in [0.2, 0.25) is 0 Å². The van der Waals surface area contributed by atoms with Crippen molar-refractivity contribution in [2.24, 2.45) is 5.41 Å². The van der Waals surface area contributed by atoms with Gasteiger partial charge in [0.1, 0.15) is 0 Å². The number of hydrogen-bond donors (Lipinski definition) is 1. The van der Waals surface area contributed by atoms with Crippen LogP contribution < -0.4 is 5.32 Å². The van der Waals surface area contributed by atoms with E-state index >= 15 is 0 Å². The van der Waals surface area contributed by atoms with E-state index in [-0.39, 0.29) is 11.4 Å². The minimum atomic E-state index is -0.130. The lowest BCUT2D eigenvalue weighted by molar-refractivity contribution is -0.140. The standard InChI is InChI=1S/C12H26N2O2/c1-12(2,10-14(3)4)9-13-8-6-7-11(15)16-5/h13H,6-10H2,1-5H3. The fourth-order valence-electron chi connectivity index (χ4n) is 1.80. The molecule has 16 heavy (non-hydrogen) atoms. The van der Waals surface area contributed by atoms with Gasteiger partial charge in [0.2, 0.25) is 0 Å². The van der Waals surface area contributed by atoms with E-state index in [0.29, 0.717) is 6.42 Å². The van der Waals surface area contributed by atoms with E-state index in [9.17, 15) is 4.79 Å². The number of carbonyl (C=O) groups is 1. The normalized spacial score (nSPS) is 11.9. The zero-order chi connectivity index (χ0) is 12.6. The van der Waals surface area contributed by atoms with Gasteiger partial charge in [-0.15, -0.1) is 0 Å². The van der Waals surface area contributed by atoms with Crippen LogP contribution in [0.25, 0.3) is 0 Å². The highest BCUT2D eigenvalue weighted by atomic mass is 16.5. The van der Waals surface area contributed by atoms with Gasteiger partial charge in [-0.3, -0.25) is 4.79 Å². The number of hydrogen-bond acceptors (Lipinski definition) is 4. The Kier molecular flexibility index (Phi) is 7.34. The van der Waals surface area contributed by atoms with Crippen molar-refractivity contribution in [3.05, 3.63) is 0 Å². The molecule has 0 bridgehead atoms. The Balaban J connectivity index is 3.54. The van der Waals surface area contributed by atoms with E-state index in [4.69, 9.17) is 0 Å². The smallest absolute Gasteiger partial charge is 0.305 e. The number of nitrogens with one attached hydrogen (secondary N) is 1. The molecule has 0 radical (unpaired) electrons. The molecule has 0 heterocycles. The average Bonchev–Trinajstić information content (AvgIpc) is 2.14. The lowest BCUT2D eigenvalue weighted by Gasteiger charge is -2.28. The van der Waals surface area contributed by atoms with Crippen LogP contribution in [0.1, 0.15) is 26.7 Å². The van der Waals surface area contributed by atoms with Gasteiger partial charge in [-0.1, -0.05) is 13.8 Å². The monoisotopic (exact) mass is 230 g/mol. The topological polar surface area (TPSA) is 41.6 Å². The summed E-state index contributed by atoms with van der Waals surface area (Å²) >= 11 is 0.